The van der Waals surface area contributed by atoms with Crippen LogP contribution in [0.2, 0.25) is 0 Å². The average molecular weight is 248 g/mol. The summed E-state index contributed by atoms with van der Waals surface area (Å²) < 4.78 is 0. The molecule has 98 valence electrons. The maximum absolute atomic E-state index is 10.7. The third kappa shape index (κ3) is 3.62. The Bertz CT molecular complexity index is 450. The summed E-state index contributed by atoms with van der Waals surface area (Å²) in [6.45, 7) is 5.94. The first-order valence-corrected chi connectivity index (χ1v) is 6.17. The smallest absolute Gasteiger partial charge is 0.307 e. The minimum absolute atomic E-state index is 0.0368. The van der Waals surface area contributed by atoms with Crippen molar-refractivity contribution in [3.63, 3.8) is 0 Å². The van der Waals surface area contributed by atoms with E-state index in [-0.39, 0.29) is 12.2 Å². The SMILES string of the molecule is CCC/C(=C\CC(=O)O)c1c(C)cc(O)cc1C. The molecule has 1 aromatic carbocycles. The van der Waals surface area contributed by atoms with Crippen molar-refractivity contribution in [3.8, 4) is 5.75 Å². The molecule has 0 spiro atoms. The van der Waals surface area contributed by atoms with Gasteiger partial charge in [0.25, 0.3) is 0 Å². The molecule has 0 saturated heterocycles. The molecule has 3 nitrogen and oxygen atoms in total. The molecule has 0 aliphatic rings. The van der Waals surface area contributed by atoms with Crippen LogP contribution < -0.4 is 0 Å². The Morgan fingerprint density at radius 1 is 1.28 bits per heavy atom. The number of allylic oxidation sites excluding steroid dienone is 1. The molecule has 0 aliphatic carbocycles. The van der Waals surface area contributed by atoms with Crippen LogP contribution >= 0.6 is 0 Å². The summed E-state index contributed by atoms with van der Waals surface area (Å²) in [5.74, 6) is -0.569. The average Bonchev–Trinajstić information content (AvgIpc) is 2.24. The summed E-state index contributed by atoms with van der Waals surface area (Å²) in [7, 11) is 0. The van der Waals surface area contributed by atoms with E-state index in [9.17, 15) is 9.90 Å². The zero-order valence-electron chi connectivity index (χ0n) is 11.2. The number of hydrogen-bond donors (Lipinski definition) is 2. The number of carboxylic acid groups (broad SMARTS) is 1. The molecule has 2 N–H and O–H groups in total. The lowest BCUT2D eigenvalue weighted by molar-refractivity contribution is -0.135. The lowest BCUT2D eigenvalue weighted by Gasteiger charge is -2.14. The monoisotopic (exact) mass is 248 g/mol. The van der Waals surface area contributed by atoms with Gasteiger partial charge in [-0.25, -0.2) is 0 Å². The van der Waals surface area contributed by atoms with E-state index in [1.807, 2.05) is 13.8 Å². The number of aromatic hydroxyl groups is 1. The first-order chi connectivity index (χ1) is 8.45. The minimum atomic E-state index is -0.822. The second-order valence-corrected chi connectivity index (χ2v) is 4.53. The predicted octanol–water partition coefficient (Wildman–Crippen LogP) is 3.67. The van der Waals surface area contributed by atoms with Crippen molar-refractivity contribution in [3.05, 3.63) is 34.9 Å². The van der Waals surface area contributed by atoms with Gasteiger partial charge >= 0.3 is 5.97 Å². The van der Waals surface area contributed by atoms with Crippen LogP contribution in [0, 0.1) is 13.8 Å². The van der Waals surface area contributed by atoms with E-state index >= 15 is 0 Å². The standard InChI is InChI=1S/C15H20O3/c1-4-5-12(6-7-14(17)18)15-10(2)8-13(16)9-11(15)3/h6,8-9,16H,4-5,7H2,1-3H3,(H,17,18)/b12-6+. The van der Waals surface area contributed by atoms with E-state index in [4.69, 9.17) is 5.11 Å². The lowest BCUT2D eigenvalue weighted by Crippen LogP contribution is -1.97. The molecule has 0 saturated carbocycles. The number of phenolic OH excluding ortho intramolecular Hbond substituents is 1. The van der Waals surface area contributed by atoms with Gasteiger partial charge in [0.1, 0.15) is 5.75 Å². The van der Waals surface area contributed by atoms with Gasteiger partial charge in [-0.1, -0.05) is 19.4 Å². The molecule has 1 rings (SSSR count). The number of hydrogen-bond acceptors (Lipinski definition) is 2. The van der Waals surface area contributed by atoms with E-state index in [0.29, 0.717) is 0 Å². The van der Waals surface area contributed by atoms with Gasteiger partial charge in [0.15, 0.2) is 0 Å². The second kappa shape index (κ2) is 6.24. The maximum Gasteiger partial charge on any atom is 0.307 e. The molecule has 0 atom stereocenters. The fourth-order valence-corrected chi connectivity index (χ4v) is 2.26. The molecule has 0 unspecified atom stereocenters. The molecule has 0 radical (unpaired) electrons. The predicted molar refractivity (Wildman–Crippen MR) is 72.7 cm³/mol. The fourth-order valence-electron chi connectivity index (χ4n) is 2.26. The van der Waals surface area contributed by atoms with Gasteiger partial charge in [-0.2, -0.15) is 0 Å². The van der Waals surface area contributed by atoms with Crippen molar-refractivity contribution in [2.45, 2.75) is 40.0 Å². The van der Waals surface area contributed by atoms with E-state index in [1.54, 1.807) is 18.2 Å². The molecule has 18 heavy (non-hydrogen) atoms. The summed E-state index contributed by atoms with van der Waals surface area (Å²) in [4.78, 5) is 10.7. The van der Waals surface area contributed by atoms with Crippen LogP contribution in [0.5, 0.6) is 5.75 Å². The zero-order chi connectivity index (χ0) is 13.7. The summed E-state index contributed by atoms with van der Waals surface area (Å²) in [6, 6.07) is 3.43. The largest absolute Gasteiger partial charge is 0.508 e. The topological polar surface area (TPSA) is 57.5 Å². The Balaban J connectivity index is 3.21. The van der Waals surface area contributed by atoms with Crippen LogP contribution in [0.4, 0.5) is 0 Å². The highest BCUT2D eigenvalue weighted by Gasteiger charge is 2.10. The number of carbonyl (C=O) groups is 1. The third-order valence-corrected chi connectivity index (χ3v) is 2.88. The lowest BCUT2D eigenvalue weighted by atomic mass is 9.92. The van der Waals surface area contributed by atoms with Crippen LogP contribution in [0.3, 0.4) is 0 Å². The van der Waals surface area contributed by atoms with Crippen LogP contribution in [0.25, 0.3) is 5.57 Å². The molecular formula is C15H20O3. The van der Waals surface area contributed by atoms with E-state index < -0.39 is 5.97 Å². The molecule has 3 heteroatoms. The normalized spacial score (nSPS) is 11.6. The Kier molecular flexibility index (Phi) is 4.95. The molecular weight excluding hydrogens is 228 g/mol. The molecule has 0 fully saturated rings. The summed E-state index contributed by atoms with van der Waals surface area (Å²) in [5.41, 5.74) is 4.08. The molecule has 0 heterocycles. The van der Waals surface area contributed by atoms with Crippen LogP contribution in [0.15, 0.2) is 18.2 Å². The molecule has 0 aliphatic heterocycles. The Morgan fingerprint density at radius 3 is 2.28 bits per heavy atom. The number of phenols is 1. The summed E-state index contributed by atoms with van der Waals surface area (Å²) in [6.07, 6.45) is 3.62. The fraction of sp³-hybridized carbons (Fsp3) is 0.400. The van der Waals surface area contributed by atoms with Crippen LogP contribution in [0.1, 0.15) is 42.9 Å². The van der Waals surface area contributed by atoms with Gasteiger partial charge in [0.2, 0.25) is 0 Å². The van der Waals surface area contributed by atoms with Crippen LogP contribution in [-0.4, -0.2) is 16.2 Å². The number of aliphatic carboxylic acids is 1. The van der Waals surface area contributed by atoms with Gasteiger partial charge in [-0.15, -0.1) is 0 Å². The highest BCUT2D eigenvalue weighted by Crippen LogP contribution is 2.30. The first-order valence-electron chi connectivity index (χ1n) is 6.17. The van der Waals surface area contributed by atoms with Crippen LogP contribution in [-0.2, 0) is 4.79 Å². The molecule has 0 amide bonds. The van der Waals surface area contributed by atoms with Gasteiger partial charge < -0.3 is 10.2 Å². The van der Waals surface area contributed by atoms with Gasteiger partial charge in [0, 0.05) is 0 Å². The maximum atomic E-state index is 10.7. The number of carboxylic acids is 1. The highest BCUT2D eigenvalue weighted by molar-refractivity contribution is 5.76. The molecule has 0 bridgehead atoms. The van der Waals surface area contributed by atoms with Crippen molar-refractivity contribution >= 4 is 11.5 Å². The van der Waals surface area contributed by atoms with Crippen molar-refractivity contribution < 1.29 is 15.0 Å². The number of rotatable bonds is 5. The van der Waals surface area contributed by atoms with Gasteiger partial charge in [-0.3, -0.25) is 4.79 Å². The molecule has 1 aromatic rings. The zero-order valence-corrected chi connectivity index (χ0v) is 11.2. The minimum Gasteiger partial charge on any atom is -0.508 e. The second-order valence-electron chi connectivity index (χ2n) is 4.53. The van der Waals surface area contributed by atoms with Crippen molar-refractivity contribution in [1.29, 1.82) is 0 Å². The Hall–Kier alpha value is -1.77. The third-order valence-electron chi connectivity index (χ3n) is 2.88. The number of benzene rings is 1. The van der Waals surface area contributed by atoms with E-state index in [0.717, 1.165) is 35.1 Å². The van der Waals surface area contributed by atoms with E-state index in [1.165, 1.54) is 0 Å². The van der Waals surface area contributed by atoms with Crippen molar-refractivity contribution in [1.82, 2.24) is 0 Å². The van der Waals surface area contributed by atoms with Gasteiger partial charge in [-0.05, 0) is 54.7 Å². The Morgan fingerprint density at radius 2 is 1.83 bits per heavy atom. The Labute approximate surface area is 108 Å². The first kappa shape index (κ1) is 14.3. The van der Waals surface area contributed by atoms with E-state index in [2.05, 4.69) is 6.92 Å². The quantitative estimate of drug-likeness (QED) is 0.836. The van der Waals surface area contributed by atoms with Crippen molar-refractivity contribution in [2.24, 2.45) is 0 Å². The summed E-state index contributed by atoms with van der Waals surface area (Å²) in [5, 5.41) is 18.3. The van der Waals surface area contributed by atoms with Crippen molar-refractivity contribution in [2.75, 3.05) is 0 Å². The highest BCUT2D eigenvalue weighted by atomic mass is 16.4. The summed E-state index contributed by atoms with van der Waals surface area (Å²) >= 11 is 0. The van der Waals surface area contributed by atoms with Gasteiger partial charge in [0.05, 0.1) is 6.42 Å². The molecule has 0 aromatic heterocycles. The number of aryl methyl sites for hydroxylation is 2.